The van der Waals surface area contributed by atoms with Gasteiger partial charge in [-0.3, -0.25) is 0 Å². The smallest absolute Gasteiger partial charge is 0.244 e. The second-order valence-electron chi connectivity index (χ2n) is 4.87. The van der Waals surface area contributed by atoms with Crippen LogP contribution in [0.5, 0.6) is 0 Å². The zero-order valence-corrected chi connectivity index (χ0v) is 13.7. The van der Waals surface area contributed by atoms with Crippen LogP contribution in [-0.2, 0) is 16.6 Å². The molecule has 20 heavy (non-hydrogen) atoms. The lowest BCUT2D eigenvalue weighted by Crippen LogP contribution is -2.35. The third kappa shape index (κ3) is 3.28. The van der Waals surface area contributed by atoms with E-state index in [4.69, 9.17) is 23.2 Å². The fourth-order valence-corrected chi connectivity index (χ4v) is 4.79. The van der Waals surface area contributed by atoms with Crippen LogP contribution in [0.15, 0.2) is 17.0 Å². The minimum absolute atomic E-state index is 0.110. The van der Waals surface area contributed by atoms with Crippen molar-refractivity contribution in [2.24, 2.45) is 0 Å². The van der Waals surface area contributed by atoms with E-state index in [2.05, 4.69) is 5.32 Å². The molecule has 0 amide bonds. The Labute approximate surface area is 130 Å². The molecule has 1 saturated heterocycles. The maximum Gasteiger partial charge on any atom is 0.244 e. The van der Waals surface area contributed by atoms with E-state index < -0.39 is 10.0 Å². The monoisotopic (exact) mass is 336 g/mol. The average molecular weight is 337 g/mol. The molecule has 0 unspecified atom stereocenters. The van der Waals surface area contributed by atoms with Crippen molar-refractivity contribution in [3.63, 3.8) is 0 Å². The first-order chi connectivity index (χ1) is 9.46. The van der Waals surface area contributed by atoms with E-state index in [0.717, 1.165) is 19.3 Å². The predicted octanol–water partition coefficient (Wildman–Crippen LogP) is 2.89. The molecule has 1 aliphatic heterocycles. The third-order valence-electron chi connectivity index (χ3n) is 3.38. The Morgan fingerprint density at radius 2 is 1.85 bits per heavy atom. The van der Waals surface area contributed by atoms with Crippen molar-refractivity contribution in [2.75, 3.05) is 20.1 Å². The molecular formula is C13H18Cl2N2O2S. The van der Waals surface area contributed by atoms with E-state index in [1.807, 2.05) is 0 Å². The Bertz CT molecular complexity index is 584. The third-order valence-corrected chi connectivity index (χ3v) is 6.08. The van der Waals surface area contributed by atoms with E-state index in [9.17, 15) is 8.42 Å². The summed E-state index contributed by atoms with van der Waals surface area (Å²) in [5.41, 5.74) is 0.692. The Balaban J connectivity index is 2.45. The summed E-state index contributed by atoms with van der Waals surface area (Å²) < 4.78 is 26.9. The second-order valence-corrected chi connectivity index (χ2v) is 7.59. The normalized spacial score (nSPS) is 17.4. The van der Waals surface area contributed by atoms with Crippen LogP contribution in [0.3, 0.4) is 0 Å². The van der Waals surface area contributed by atoms with Gasteiger partial charge in [0.2, 0.25) is 10.0 Å². The van der Waals surface area contributed by atoms with Crippen LogP contribution in [-0.4, -0.2) is 32.9 Å². The first kappa shape index (κ1) is 16.0. The lowest BCUT2D eigenvalue weighted by atomic mass is 10.2. The van der Waals surface area contributed by atoms with E-state index in [1.54, 1.807) is 13.1 Å². The summed E-state index contributed by atoms with van der Waals surface area (Å²) in [6, 6.07) is 3.13. The molecule has 0 aromatic heterocycles. The summed E-state index contributed by atoms with van der Waals surface area (Å²) in [6.07, 6.45) is 2.85. The minimum Gasteiger partial charge on any atom is -0.316 e. The van der Waals surface area contributed by atoms with Gasteiger partial charge < -0.3 is 5.32 Å². The summed E-state index contributed by atoms with van der Waals surface area (Å²) in [6.45, 7) is 1.57. The Morgan fingerprint density at radius 1 is 1.20 bits per heavy atom. The molecule has 7 heteroatoms. The number of sulfonamides is 1. The standard InChI is InChI=1S/C13H18Cl2N2O2S/c1-16-9-10-7-11(14)8-12(13(10)15)20(18,19)17-5-3-2-4-6-17/h7-8,16H,2-6,9H2,1H3. The van der Waals surface area contributed by atoms with Crippen LogP contribution in [0, 0.1) is 0 Å². The van der Waals surface area contributed by atoms with Crippen molar-refractivity contribution in [1.29, 1.82) is 0 Å². The molecular weight excluding hydrogens is 319 g/mol. The highest BCUT2D eigenvalue weighted by Gasteiger charge is 2.29. The number of nitrogens with one attached hydrogen (secondary N) is 1. The summed E-state index contributed by atoms with van der Waals surface area (Å²) >= 11 is 12.3. The first-order valence-corrected chi connectivity index (χ1v) is 8.79. The molecule has 1 aromatic carbocycles. The fraction of sp³-hybridized carbons (Fsp3) is 0.538. The van der Waals surface area contributed by atoms with Gasteiger partial charge in [-0.1, -0.05) is 29.6 Å². The second kappa shape index (κ2) is 6.62. The molecule has 0 atom stereocenters. The van der Waals surface area contributed by atoms with Crippen LogP contribution >= 0.6 is 23.2 Å². The van der Waals surface area contributed by atoms with Crippen molar-refractivity contribution in [3.05, 3.63) is 27.7 Å². The minimum atomic E-state index is -3.57. The molecule has 1 fully saturated rings. The fourth-order valence-electron chi connectivity index (χ4n) is 2.37. The van der Waals surface area contributed by atoms with E-state index in [1.165, 1.54) is 10.4 Å². The van der Waals surface area contributed by atoms with Crippen LogP contribution in [0.1, 0.15) is 24.8 Å². The van der Waals surface area contributed by atoms with Gasteiger partial charge >= 0.3 is 0 Å². The van der Waals surface area contributed by atoms with Crippen molar-refractivity contribution in [2.45, 2.75) is 30.7 Å². The Hall–Kier alpha value is -0.330. The van der Waals surface area contributed by atoms with Gasteiger partial charge in [0.05, 0.1) is 5.02 Å². The van der Waals surface area contributed by atoms with E-state index >= 15 is 0 Å². The van der Waals surface area contributed by atoms with Gasteiger partial charge in [-0.2, -0.15) is 4.31 Å². The SMILES string of the molecule is CNCc1cc(Cl)cc(S(=O)(=O)N2CCCCC2)c1Cl. The van der Waals surface area contributed by atoms with Gasteiger partial charge in [0.25, 0.3) is 0 Å². The number of hydrogen-bond donors (Lipinski definition) is 1. The molecule has 0 bridgehead atoms. The average Bonchev–Trinajstić information content (AvgIpc) is 2.43. The molecule has 112 valence electrons. The van der Waals surface area contributed by atoms with Crippen LogP contribution in [0.2, 0.25) is 10.0 Å². The maximum absolute atomic E-state index is 12.7. The van der Waals surface area contributed by atoms with Crippen molar-refractivity contribution < 1.29 is 8.42 Å². The highest BCUT2D eigenvalue weighted by atomic mass is 35.5. The van der Waals surface area contributed by atoms with Crippen molar-refractivity contribution in [1.82, 2.24) is 9.62 Å². The highest BCUT2D eigenvalue weighted by molar-refractivity contribution is 7.89. The molecule has 1 N–H and O–H groups in total. The van der Waals surface area contributed by atoms with Crippen molar-refractivity contribution >= 4 is 33.2 Å². The topological polar surface area (TPSA) is 49.4 Å². The quantitative estimate of drug-likeness (QED) is 0.919. The number of rotatable bonds is 4. The molecule has 1 aliphatic rings. The summed E-state index contributed by atoms with van der Waals surface area (Å²) in [5.74, 6) is 0. The maximum atomic E-state index is 12.7. The van der Waals surface area contributed by atoms with Gasteiger partial charge in [-0.15, -0.1) is 0 Å². The zero-order valence-electron chi connectivity index (χ0n) is 11.3. The summed E-state index contributed by atoms with van der Waals surface area (Å²) in [7, 11) is -1.79. The van der Waals surface area contributed by atoms with Gasteiger partial charge in [0, 0.05) is 24.7 Å². The van der Waals surface area contributed by atoms with E-state index in [-0.39, 0.29) is 9.92 Å². The molecule has 0 radical (unpaired) electrons. The van der Waals surface area contributed by atoms with Crippen LogP contribution in [0.4, 0.5) is 0 Å². The molecule has 0 aliphatic carbocycles. The van der Waals surface area contributed by atoms with Crippen LogP contribution < -0.4 is 5.32 Å². The predicted molar refractivity (Wildman–Crippen MR) is 81.8 cm³/mol. The zero-order chi connectivity index (χ0) is 14.8. The molecule has 0 spiro atoms. The molecule has 2 rings (SSSR count). The lowest BCUT2D eigenvalue weighted by molar-refractivity contribution is 0.346. The number of halogens is 2. The Kier molecular flexibility index (Phi) is 5.31. The van der Waals surface area contributed by atoms with Crippen LogP contribution in [0.25, 0.3) is 0 Å². The Morgan fingerprint density at radius 3 is 2.45 bits per heavy atom. The van der Waals surface area contributed by atoms with Gasteiger partial charge in [-0.25, -0.2) is 8.42 Å². The van der Waals surface area contributed by atoms with Gasteiger partial charge in [0.15, 0.2) is 0 Å². The molecule has 4 nitrogen and oxygen atoms in total. The molecule has 1 heterocycles. The first-order valence-electron chi connectivity index (χ1n) is 6.59. The highest BCUT2D eigenvalue weighted by Crippen LogP contribution is 2.32. The number of benzene rings is 1. The number of hydrogen-bond acceptors (Lipinski definition) is 3. The van der Waals surface area contributed by atoms with Crippen molar-refractivity contribution in [3.8, 4) is 0 Å². The number of nitrogens with zero attached hydrogens (tertiary/aromatic N) is 1. The lowest BCUT2D eigenvalue weighted by Gasteiger charge is -2.26. The van der Waals surface area contributed by atoms with Gasteiger partial charge in [-0.05, 0) is 37.6 Å². The molecule has 0 saturated carbocycles. The van der Waals surface area contributed by atoms with Gasteiger partial charge in [0.1, 0.15) is 4.90 Å². The molecule has 1 aromatic rings. The largest absolute Gasteiger partial charge is 0.316 e. The summed E-state index contributed by atoms with van der Waals surface area (Å²) in [4.78, 5) is 0.110. The number of piperidine rings is 1. The summed E-state index contributed by atoms with van der Waals surface area (Å²) in [5, 5.41) is 3.60. The van der Waals surface area contributed by atoms with E-state index in [0.29, 0.717) is 30.2 Å².